The Morgan fingerprint density at radius 2 is 2.08 bits per heavy atom. The second kappa shape index (κ2) is 6.77. The van der Waals surface area contributed by atoms with Gasteiger partial charge in [0.15, 0.2) is 17.9 Å². The van der Waals surface area contributed by atoms with E-state index in [1.54, 1.807) is 7.05 Å². The number of carbonyl (C=O) groups is 2. The van der Waals surface area contributed by atoms with Gasteiger partial charge in [-0.25, -0.2) is 9.97 Å². The minimum absolute atomic E-state index is 0.141. The standard InChI is InChI=1S/C16H18N4O4/c1-20-14(9-21)13(8-19-20)15-17-6-12(7-18-15)24-11-4-2-3-10(5-11)16(22)23/h6-11H,2-5H2,1H3,(H,22,23)/t10-,11?/m0/s1. The highest BCUT2D eigenvalue weighted by Gasteiger charge is 2.28. The van der Waals surface area contributed by atoms with Crippen LogP contribution in [0.2, 0.25) is 0 Å². The van der Waals surface area contributed by atoms with Gasteiger partial charge in [-0.2, -0.15) is 5.10 Å². The van der Waals surface area contributed by atoms with Crippen molar-refractivity contribution in [3.63, 3.8) is 0 Å². The first-order valence-electron chi connectivity index (χ1n) is 7.77. The molecule has 1 aliphatic rings. The second-order valence-corrected chi connectivity index (χ2v) is 5.87. The molecule has 0 saturated heterocycles. The fourth-order valence-corrected chi connectivity index (χ4v) is 2.94. The number of hydrogen-bond donors (Lipinski definition) is 1. The summed E-state index contributed by atoms with van der Waals surface area (Å²) >= 11 is 0. The Labute approximate surface area is 138 Å². The van der Waals surface area contributed by atoms with Crippen LogP contribution in [0.15, 0.2) is 18.6 Å². The quantitative estimate of drug-likeness (QED) is 0.831. The largest absolute Gasteiger partial charge is 0.487 e. The van der Waals surface area contributed by atoms with Crippen molar-refractivity contribution in [1.82, 2.24) is 19.7 Å². The molecule has 8 heteroatoms. The number of aliphatic carboxylic acids is 1. The molecule has 1 saturated carbocycles. The van der Waals surface area contributed by atoms with E-state index in [1.807, 2.05) is 0 Å². The first kappa shape index (κ1) is 16.1. The normalized spacial score (nSPS) is 20.5. The molecule has 2 aromatic rings. The van der Waals surface area contributed by atoms with Crippen molar-refractivity contribution in [2.45, 2.75) is 31.8 Å². The molecule has 2 aromatic heterocycles. The van der Waals surface area contributed by atoms with E-state index in [1.165, 1.54) is 23.3 Å². The molecule has 1 N–H and O–H groups in total. The summed E-state index contributed by atoms with van der Waals surface area (Å²) in [4.78, 5) is 30.7. The van der Waals surface area contributed by atoms with Crippen molar-refractivity contribution in [3.8, 4) is 17.1 Å². The van der Waals surface area contributed by atoms with Crippen LogP contribution in [0.5, 0.6) is 5.75 Å². The van der Waals surface area contributed by atoms with Gasteiger partial charge in [-0.1, -0.05) is 0 Å². The molecule has 126 valence electrons. The van der Waals surface area contributed by atoms with Crippen molar-refractivity contribution < 1.29 is 19.4 Å². The number of carboxylic acid groups (broad SMARTS) is 1. The number of aromatic nitrogens is 4. The van der Waals surface area contributed by atoms with E-state index in [4.69, 9.17) is 9.84 Å². The van der Waals surface area contributed by atoms with Gasteiger partial charge in [0.1, 0.15) is 5.69 Å². The third-order valence-electron chi connectivity index (χ3n) is 4.24. The summed E-state index contributed by atoms with van der Waals surface area (Å²) in [5.74, 6) is -0.238. The maximum atomic E-state index is 11.1. The predicted molar refractivity (Wildman–Crippen MR) is 83.6 cm³/mol. The molecule has 8 nitrogen and oxygen atoms in total. The number of rotatable bonds is 5. The van der Waals surface area contributed by atoms with Gasteiger partial charge in [0.05, 0.1) is 36.2 Å². The highest BCUT2D eigenvalue weighted by molar-refractivity contribution is 5.83. The van der Waals surface area contributed by atoms with E-state index in [9.17, 15) is 9.59 Å². The molecule has 0 radical (unpaired) electrons. The van der Waals surface area contributed by atoms with Crippen LogP contribution < -0.4 is 4.74 Å². The van der Waals surface area contributed by atoms with Crippen molar-refractivity contribution in [2.75, 3.05) is 0 Å². The third-order valence-corrected chi connectivity index (χ3v) is 4.24. The fourth-order valence-electron chi connectivity index (χ4n) is 2.94. The Kier molecular flexibility index (Phi) is 4.54. The number of aldehydes is 1. The molecule has 1 unspecified atom stereocenters. The second-order valence-electron chi connectivity index (χ2n) is 5.87. The van der Waals surface area contributed by atoms with Gasteiger partial charge in [-0.05, 0) is 25.7 Å². The molecule has 0 bridgehead atoms. The zero-order chi connectivity index (χ0) is 17.1. The van der Waals surface area contributed by atoms with E-state index in [-0.39, 0.29) is 12.0 Å². The monoisotopic (exact) mass is 330 g/mol. The molecule has 24 heavy (non-hydrogen) atoms. The number of carboxylic acids is 1. The van der Waals surface area contributed by atoms with Crippen LogP contribution in [-0.2, 0) is 11.8 Å². The molecular formula is C16H18N4O4. The zero-order valence-corrected chi connectivity index (χ0v) is 13.3. The van der Waals surface area contributed by atoms with Gasteiger partial charge in [0.25, 0.3) is 0 Å². The summed E-state index contributed by atoms with van der Waals surface area (Å²) in [5, 5.41) is 13.1. The lowest BCUT2D eigenvalue weighted by molar-refractivity contribution is -0.143. The molecule has 0 amide bonds. The van der Waals surface area contributed by atoms with Crippen LogP contribution in [-0.4, -0.2) is 43.2 Å². The first-order chi connectivity index (χ1) is 11.6. The summed E-state index contributed by atoms with van der Waals surface area (Å²) in [6, 6.07) is 0. The van der Waals surface area contributed by atoms with Crippen LogP contribution >= 0.6 is 0 Å². The van der Waals surface area contributed by atoms with Crippen LogP contribution in [0.4, 0.5) is 0 Å². The SMILES string of the molecule is Cn1ncc(-c2ncc(OC3CCC[C@H](C(=O)O)C3)cn2)c1C=O. The Bertz CT molecular complexity index is 741. The Hall–Kier alpha value is -2.77. The van der Waals surface area contributed by atoms with E-state index in [2.05, 4.69) is 15.1 Å². The Morgan fingerprint density at radius 1 is 1.33 bits per heavy atom. The van der Waals surface area contributed by atoms with Gasteiger partial charge in [0.2, 0.25) is 0 Å². The van der Waals surface area contributed by atoms with Gasteiger partial charge in [0, 0.05) is 7.05 Å². The smallest absolute Gasteiger partial charge is 0.306 e. The van der Waals surface area contributed by atoms with E-state index < -0.39 is 5.97 Å². The molecule has 1 aliphatic carbocycles. The number of nitrogens with zero attached hydrogens (tertiary/aromatic N) is 4. The van der Waals surface area contributed by atoms with Crippen molar-refractivity contribution >= 4 is 12.3 Å². The number of carbonyl (C=O) groups excluding carboxylic acids is 1. The molecule has 2 heterocycles. The van der Waals surface area contributed by atoms with Crippen LogP contribution in [0.3, 0.4) is 0 Å². The predicted octanol–water partition coefficient (Wildman–Crippen LogP) is 1.71. The van der Waals surface area contributed by atoms with Gasteiger partial charge in [-0.3, -0.25) is 14.3 Å². The Balaban J connectivity index is 1.70. The highest BCUT2D eigenvalue weighted by atomic mass is 16.5. The summed E-state index contributed by atoms with van der Waals surface area (Å²) in [6.07, 6.45) is 8.03. The molecule has 3 rings (SSSR count). The van der Waals surface area contributed by atoms with Gasteiger partial charge in [-0.15, -0.1) is 0 Å². The lowest BCUT2D eigenvalue weighted by Gasteiger charge is -2.27. The summed E-state index contributed by atoms with van der Waals surface area (Å²) in [5.41, 5.74) is 0.961. The van der Waals surface area contributed by atoms with Gasteiger partial charge < -0.3 is 9.84 Å². The molecular weight excluding hydrogens is 312 g/mol. The van der Waals surface area contributed by atoms with E-state index in [0.29, 0.717) is 42.0 Å². The van der Waals surface area contributed by atoms with Crippen LogP contribution in [0.25, 0.3) is 11.4 Å². The Morgan fingerprint density at radius 3 is 2.75 bits per heavy atom. The number of hydrogen-bond acceptors (Lipinski definition) is 6. The first-order valence-corrected chi connectivity index (χ1v) is 7.77. The minimum atomic E-state index is -0.770. The molecule has 0 spiro atoms. The molecule has 1 fully saturated rings. The number of ether oxygens (including phenoxy) is 1. The summed E-state index contributed by atoms with van der Waals surface area (Å²) in [6.45, 7) is 0. The average molecular weight is 330 g/mol. The van der Waals surface area contributed by atoms with Crippen molar-refractivity contribution in [1.29, 1.82) is 0 Å². The minimum Gasteiger partial charge on any atom is -0.487 e. The molecule has 0 aliphatic heterocycles. The third kappa shape index (κ3) is 3.27. The number of aryl methyl sites for hydroxylation is 1. The lowest BCUT2D eigenvalue weighted by Crippen LogP contribution is -2.29. The van der Waals surface area contributed by atoms with Crippen molar-refractivity contribution in [2.24, 2.45) is 13.0 Å². The van der Waals surface area contributed by atoms with Crippen LogP contribution in [0, 0.1) is 5.92 Å². The van der Waals surface area contributed by atoms with E-state index >= 15 is 0 Å². The fraction of sp³-hybridized carbons (Fsp3) is 0.438. The summed E-state index contributed by atoms with van der Waals surface area (Å²) < 4.78 is 7.27. The summed E-state index contributed by atoms with van der Waals surface area (Å²) in [7, 11) is 1.67. The molecule has 2 atom stereocenters. The maximum Gasteiger partial charge on any atom is 0.306 e. The van der Waals surface area contributed by atoms with E-state index in [0.717, 1.165) is 12.8 Å². The van der Waals surface area contributed by atoms with Crippen molar-refractivity contribution in [3.05, 3.63) is 24.3 Å². The van der Waals surface area contributed by atoms with Gasteiger partial charge >= 0.3 is 5.97 Å². The zero-order valence-electron chi connectivity index (χ0n) is 13.3. The average Bonchev–Trinajstić information content (AvgIpc) is 2.96. The maximum absolute atomic E-state index is 11.1. The lowest BCUT2D eigenvalue weighted by atomic mass is 9.87. The molecule has 0 aromatic carbocycles. The van der Waals surface area contributed by atoms with Crippen LogP contribution in [0.1, 0.15) is 36.2 Å². The topological polar surface area (TPSA) is 107 Å². The highest BCUT2D eigenvalue weighted by Crippen LogP contribution is 2.28.